The Kier molecular flexibility index (Phi) is 2.79. The predicted octanol–water partition coefficient (Wildman–Crippen LogP) is 3.18. The van der Waals surface area contributed by atoms with Crippen molar-refractivity contribution in [2.75, 3.05) is 6.61 Å². The minimum atomic E-state index is -2.84. The van der Waals surface area contributed by atoms with Crippen LogP contribution in [0.15, 0.2) is 11.6 Å². The summed E-state index contributed by atoms with van der Waals surface area (Å²) in [5.74, 6) is -3.60. The molecule has 0 spiro atoms. The molecule has 2 atom stereocenters. The number of hydrogen-bond acceptors (Lipinski definition) is 2. The Bertz CT molecular complexity index is 372. The number of rotatable bonds is 2. The maximum atomic E-state index is 13.8. The fraction of sp³-hybridized carbons (Fsp3) is 0.769. The van der Waals surface area contributed by atoms with E-state index >= 15 is 0 Å². The van der Waals surface area contributed by atoms with E-state index in [2.05, 4.69) is 0 Å². The molecular weight excluding hydrogens is 226 g/mol. The molecule has 3 rings (SSSR count). The molecule has 3 saturated carbocycles. The van der Waals surface area contributed by atoms with Crippen LogP contribution < -0.4 is 0 Å². The van der Waals surface area contributed by atoms with Crippen molar-refractivity contribution in [3.05, 3.63) is 11.6 Å². The standard InChI is InChI=1S/C13H18F2O2/c1-4-17-11(16)6-10-9-5-8(12(9,2)3)7-13(10,14)15/h6,8-9H,4-5,7H2,1-3H3. The molecule has 96 valence electrons. The van der Waals surface area contributed by atoms with Gasteiger partial charge in [-0.2, -0.15) is 0 Å². The predicted molar refractivity (Wildman–Crippen MR) is 59.7 cm³/mol. The summed E-state index contributed by atoms with van der Waals surface area (Å²) >= 11 is 0. The van der Waals surface area contributed by atoms with Crippen LogP contribution in [0.3, 0.4) is 0 Å². The SMILES string of the molecule is CCOC(=O)C=C1C2CC(CC1(F)F)C2(C)C. The minimum Gasteiger partial charge on any atom is -0.463 e. The van der Waals surface area contributed by atoms with Gasteiger partial charge < -0.3 is 4.74 Å². The zero-order valence-corrected chi connectivity index (χ0v) is 10.4. The molecule has 2 bridgehead atoms. The zero-order valence-electron chi connectivity index (χ0n) is 10.4. The number of allylic oxidation sites excluding steroid dienone is 1. The molecule has 0 radical (unpaired) electrons. The summed E-state index contributed by atoms with van der Waals surface area (Å²) < 4.78 is 32.4. The number of carbonyl (C=O) groups is 1. The molecule has 0 amide bonds. The smallest absolute Gasteiger partial charge is 0.330 e. The number of ether oxygens (including phenoxy) is 1. The number of hydrogen-bond donors (Lipinski definition) is 0. The van der Waals surface area contributed by atoms with Crippen molar-refractivity contribution in [2.24, 2.45) is 17.3 Å². The molecule has 3 fully saturated rings. The summed E-state index contributed by atoms with van der Waals surface area (Å²) in [5.41, 5.74) is -0.136. The van der Waals surface area contributed by atoms with Crippen LogP contribution in [-0.4, -0.2) is 18.5 Å². The summed E-state index contributed by atoms with van der Waals surface area (Å²) in [7, 11) is 0. The van der Waals surface area contributed by atoms with Gasteiger partial charge in [0.05, 0.1) is 6.61 Å². The van der Waals surface area contributed by atoms with Gasteiger partial charge in [0.15, 0.2) is 0 Å². The van der Waals surface area contributed by atoms with Crippen molar-refractivity contribution < 1.29 is 18.3 Å². The third kappa shape index (κ3) is 1.87. The van der Waals surface area contributed by atoms with Crippen molar-refractivity contribution in [1.82, 2.24) is 0 Å². The lowest BCUT2D eigenvalue weighted by Gasteiger charge is -2.59. The van der Waals surface area contributed by atoms with E-state index in [9.17, 15) is 13.6 Å². The molecule has 0 N–H and O–H groups in total. The molecule has 0 aromatic carbocycles. The van der Waals surface area contributed by atoms with E-state index in [1.807, 2.05) is 13.8 Å². The van der Waals surface area contributed by atoms with Gasteiger partial charge in [-0.05, 0) is 30.6 Å². The monoisotopic (exact) mass is 244 g/mol. The van der Waals surface area contributed by atoms with Gasteiger partial charge in [0.2, 0.25) is 0 Å². The summed E-state index contributed by atoms with van der Waals surface area (Å²) in [6.07, 6.45) is 1.65. The van der Waals surface area contributed by atoms with Crippen molar-refractivity contribution in [2.45, 2.75) is 39.5 Å². The molecule has 4 heteroatoms. The van der Waals surface area contributed by atoms with Crippen LogP contribution >= 0.6 is 0 Å². The van der Waals surface area contributed by atoms with Crippen LogP contribution in [-0.2, 0) is 9.53 Å². The fourth-order valence-electron chi connectivity index (χ4n) is 3.09. The largest absolute Gasteiger partial charge is 0.463 e. The highest BCUT2D eigenvalue weighted by molar-refractivity contribution is 5.83. The maximum Gasteiger partial charge on any atom is 0.330 e. The van der Waals surface area contributed by atoms with Crippen LogP contribution in [0, 0.1) is 17.3 Å². The van der Waals surface area contributed by atoms with Crippen LogP contribution in [0.2, 0.25) is 0 Å². The first-order valence-corrected chi connectivity index (χ1v) is 6.05. The molecule has 0 heterocycles. The van der Waals surface area contributed by atoms with Gasteiger partial charge in [0.1, 0.15) is 0 Å². The summed E-state index contributed by atoms with van der Waals surface area (Å²) in [6.45, 7) is 5.88. The molecule has 0 aromatic heterocycles. The first-order valence-electron chi connectivity index (χ1n) is 6.05. The second kappa shape index (κ2) is 3.79. The third-order valence-electron chi connectivity index (χ3n) is 4.33. The first-order chi connectivity index (χ1) is 7.79. The highest BCUT2D eigenvalue weighted by Crippen LogP contribution is 2.65. The van der Waals surface area contributed by atoms with Crippen LogP contribution in [0.4, 0.5) is 8.78 Å². The highest BCUT2D eigenvalue weighted by atomic mass is 19.3. The Labute approximate surface area is 100 Å². The fourth-order valence-corrected chi connectivity index (χ4v) is 3.09. The Morgan fingerprint density at radius 1 is 1.53 bits per heavy atom. The Morgan fingerprint density at radius 2 is 2.18 bits per heavy atom. The average Bonchev–Trinajstić information content (AvgIpc) is 2.20. The first kappa shape index (κ1) is 12.5. The van der Waals surface area contributed by atoms with Crippen molar-refractivity contribution in [1.29, 1.82) is 0 Å². The van der Waals surface area contributed by atoms with Gasteiger partial charge in [-0.1, -0.05) is 13.8 Å². The number of carbonyl (C=O) groups excluding carboxylic acids is 1. The van der Waals surface area contributed by atoms with Gasteiger partial charge in [-0.3, -0.25) is 0 Å². The van der Waals surface area contributed by atoms with E-state index < -0.39 is 11.9 Å². The molecule has 3 aliphatic carbocycles. The van der Waals surface area contributed by atoms with E-state index in [1.54, 1.807) is 6.92 Å². The zero-order chi connectivity index (χ0) is 12.8. The van der Waals surface area contributed by atoms with Gasteiger partial charge >= 0.3 is 5.97 Å². The van der Waals surface area contributed by atoms with Crippen molar-refractivity contribution in [3.8, 4) is 0 Å². The second-order valence-electron chi connectivity index (χ2n) is 5.57. The number of fused-ring (bicyclic) bond motifs is 2. The molecule has 0 aliphatic heterocycles. The Balaban J connectivity index is 2.26. The lowest BCUT2D eigenvalue weighted by Crippen LogP contribution is -2.56. The Morgan fingerprint density at radius 3 is 2.71 bits per heavy atom. The lowest BCUT2D eigenvalue weighted by atomic mass is 9.46. The molecule has 2 unspecified atom stereocenters. The molecule has 17 heavy (non-hydrogen) atoms. The van der Waals surface area contributed by atoms with E-state index in [-0.39, 0.29) is 35.9 Å². The van der Waals surface area contributed by atoms with E-state index in [4.69, 9.17) is 4.74 Å². The Hall–Kier alpha value is -0.930. The van der Waals surface area contributed by atoms with Gasteiger partial charge in [0.25, 0.3) is 5.92 Å². The second-order valence-corrected chi connectivity index (χ2v) is 5.57. The summed E-state index contributed by atoms with van der Waals surface area (Å²) in [4.78, 5) is 11.3. The number of alkyl halides is 2. The quantitative estimate of drug-likeness (QED) is 0.551. The summed E-state index contributed by atoms with van der Waals surface area (Å²) in [5, 5.41) is 0. The topological polar surface area (TPSA) is 26.3 Å². The lowest BCUT2D eigenvalue weighted by molar-refractivity contribution is -0.143. The van der Waals surface area contributed by atoms with Crippen molar-refractivity contribution in [3.63, 3.8) is 0 Å². The van der Waals surface area contributed by atoms with E-state index in [0.717, 1.165) is 12.5 Å². The van der Waals surface area contributed by atoms with Crippen LogP contribution in [0.25, 0.3) is 0 Å². The maximum absolute atomic E-state index is 13.8. The molecular formula is C13H18F2O2. The molecule has 0 saturated heterocycles. The van der Waals surface area contributed by atoms with E-state index in [1.165, 1.54) is 0 Å². The van der Waals surface area contributed by atoms with Gasteiger partial charge in [0, 0.05) is 18.1 Å². The molecule has 3 aliphatic rings. The number of esters is 1. The number of halogens is 2. The normalized spacial score (nSPS) is 35.2. The summed E-state index contributed by atoms with van der Waals surface area (Å²) in [6, 6.07) is 0. The van der Waals surface area contributed by atoms with Crippen molar-refractivity contribution >= 4 is 5.97 Å². The minimum absolute atomic E-state index is 0.0246. The third-order valence-corrected chi connectivity index (χ3v) is 4.33. The molecule has 2 nitrogen and oxygen atoms in total. The van der Waals surface area contributed by atoms with E-state index in [0.29, 0.717) is 0 Å². The van der Waals surface area contributed by atoms with Crippen LogP contribution in [0.5, 0.6) is 0 Å². The van der Waals surface area contributed by atoms with Crippen LogP contribution in [0.1, 0.15) is 33.6 Å². The van der Waals surface area contributed by atoms with Gasteiger partial charge in [-0.25, -0.2) is 13.6 Å². The molecule has 0 aromatic rings. The van der Waals surface area contributed by atoms with Gasteiger partial charge in [-0.15, -0.1) is 0 Å². The average molecular weight is 244 g/mol. The highest BCUT2D eigenvalue weighted by Gasteiger charge is 2.62.